The maximum atomic E-state index is 11.7. The van der Waals surface area contributed by atoms with Gasteiger partial charge in [0, 0.05) is 29.5 Å². The lowest BCUT2D eigenvalue weighted by Gasteiger charge is -2.07. The van der Waals surface area contributed by atoms with Crippen LogP contribution in [0, 0.1) is 0 Å². The van der Waals surface area contributed by atoms with Gasteiger partial charge in [-0.25, -0.2) is 9.97 Å². The maximum Gasteiger partial charge on any atom is 0.308 e. The molecule has 0 atom stereocenters. The molecule has 7 nitrogen and oxygen atoms in total. The van der Waals surface area contributed by atoms with Crippen molar-refractivity contribution in [3.05, 3.63) is 42.7 Å². The molecule has 24 heavy (non-hydrogen) atoms. The number of nitrogens with zero attached hydrogens (tertiary/aromatic N) is 2. The number of carbonyl (C=O) groups is 2. The van der Waals surface area contributed by atoms with E-state index in [4.69, 9.17) is 4.74 Å². The van der Waals surface area contributed by atoms with Gasteiger partial charge in [-0.1, -0.05) is 0 Å². The summed E-state index contributed by atoms with van der Waals surface area (Å²) in [5.74, 6) is -0.400. The van der Waals surface area contributed by atoms with E-state index in [1.807, 2.05) is 18.4 Å². The highest BCUT2D eigenvalue weighted by Crippen LogP contribution is 2.17. The van der Waals surface area contributed by atoms with Gasteiger partial charge in [-0.2, -0.15) is 0 Å². The minimum Gasteiger partial charge on any atom is -0.456 e. The van der Waals surface area contributed by atoms with Crippen molar-refractivity contribution in [2.45, 2.75) is 11.3 Å². The molecule has 1 amide bonds. The van der Waals surface area contributed by atoms with Crippen molar-refractivity contribution in [2.75, 3.05) is 30.0 Å². The SMILES string of the molecule is CSc1ccc(NC(=O)COC(=O)CCNc2ncccn2)cc1. The zero-order chi connectivity index (χ0) is 17.2. The van der Waals surface area contributed by atoms with E-state index in [0.29, 0.717) is 18.2 Å². The van der Waals surface area contributed by atoms with Gasteiger partial charge in [-0.05, 0) is 36.6 Å². The third kappa shape index (κ3) is 6.25. The summed E-state index contributed by atoms with van der Waals surface area (Å²) in [4.78, 5) is 32.4. The number of rotatable bonds is 8. The van der Waals surface area contributed by atoms with Crippen LogP contribution >= 0.6 is 11.8 Å². The monoisotopic (exact) mass is 346 g/mol. The normalized spacial score (nSPS) is 10.0. The molecule has 1 aromatic heterocycles. The first-order valence-electron chi connectivity index (χ1n) is 7.28. The molecule has 0 unspecified atom stereocenters. The van der Waals surface area contributed by atoms with Crippen molar-refractivity contribution in [2.24, 2.45) is 0 Å². The third-order valence-electron chi connectivity index (χ3n) is 2.92. The second-order valence-electron chi connectivity index (χ2n) is 4.69. The Morgan fingerprint density at radius 3 is 2.54 bits per heavy atom. The lowest BCUT2D eigenvalue weighted by atomic mass is 10.3. The number of hydrogen-bond acceptors (Lipinski definition) is 7. The molecule has 8 heteroatoms. The Bertz CT molecular complexity index is 665. The quantitative estimate of drug-likeness (QED) is 0.559. The van der Waals surface area contributed by atoms with Gasteiger partial charge in [0.1, 0.15) is 0 Å². The van der Waals surface area contributed by atoms with Crippen molar-refractivity contribution < 1.29 is 14.3 Å². The molecule has 2 N–H and O–H groups in total. The van der Waals surface area contributed by atoms with Crippen molar-refractivity contribution in [1.29, 1.82) is 0 Å². The van der Waals surface area contributed by atoms with E-state index in [9.17, 15) is 9.59 Å². The second-order valence-corrected chi connectivity index (χ2v) is 5.57. The Kier molecular flexibility index (Phi) is 7.03. The van der Waals surface area contributed by atoms with Crippen LogP contribution in [0.5, 0.6) is 0 Å². The van der Waals surface area contributed by atoms with Gasteiger partial charge in [-0.15, -0.1) is 11.8 Å². The minimum atomic E-state index is -0.466. The molecule has 0 aliphatic carbocycles. The van der Waals surface area contributed by atoms with Gasteiger partial charge in [0.05, 0.1) is 6.42 Å². The first-order valence-corrected chi connectivity index (χ1v) is 8.50. The molecule has 0 aliphatic heterocycles. The number of nitrogens with one attached hydrogen (secondary N) is 2. The average Bonchev–Trinajstić information content (AvgIpc) is 2.61. The third-order valence-corrected chi connectivity index (χ3v) is 3.66. The number of ether oxygens (including phenoxy) is 1. The first kappa shape index (κ1) is 17.7. The molecule has 0 bridgehead atoms. The molecule has 126 valence electrons. The number of anilines is 2. The average molecular weight is 346 g/mol. The van der Waals surface area contributed by atoms with Crippen molar-refractivity contribution in [1.82, 2.24) is 9.97 Å². The fourth-order valence-electron chi connectivity index (χ4n) is 1.76. The van der Waals surface area contributed by atoms with Gasteiger partial charge in [-0.3, -0.25) is 9.59 Å². The fourth-order valence-corrected chi connectivity index (χ4v) is 2.16. The Balaban J connectivity index is 1.64. The lowest BCUT2D eigenvalue weighted by molar-refractivity contribution is -0.147. The summed E-state index contributed by atoms with van der Waals surface area (Å²) in [7, 11) is 0. The summed E-state index contributed by atoms with van der Waals surface area (Å²) in [6.07, 6.45) is 5.30. The number of thioether (sulfide) groups is 1. The number of benzene rings is 1. The minimum absolute atomic E-state index is 0.119. The predicted octanol–water partition coefficient (Wildman–Crippen LogP) is 2.18. The van der Waals surface area contributed by atoms with Crippen LogP contribution in [0.4, 0.5) is 11.6 Å². The topological polar surface area (TPSA) is 93.2 Å². The maximum absolute atomic E-state index is 11.7. The highest BCUT2D eigenvalue weighted by Gasteiger charge is 2.08. The smallest absolute Gasteiger partial charge is 0.308 e. The number of aromatic nitrogens is 2. The zero-order valence-electron chi connectivity index (χ0n) is 13.2. The zero-order valence-corrected chi connectivity index (χ0v) is 14.0. The van der Waals surface area contributed by atoms with Crippen LogP contribution in [0.3, 0.4) is 0 Å². The van der Waals surface area contributed by atoms with Crippen LogP contribution in [0.15, 0.2) is 47.6 Å². The molecule has 1 aromatic carbocycles. The van der Waals surface area contributed by atoms with Crippen molar-refractivity contribution in [3.8, 4) is 0 Å². The standard InChI is InChI=1S/C16H18N4O3S/c1-24-13-5-3-12(4-6-13)20-14(21)11-23-15(22)7-10-19-16-17-8-2-9-18-16/h2-6,8-9H,7,10-11H2,1H3,(H,20,21)(H,17,18,19). The highest BCUT2D eigenvalue weighted by molar-refractivity contribution is 7.98. The van der Waals surface area contributed by atoms with E-state index in [0.717, 1.165) is 4.90 Å². The fraction of sp³-hybridized carbons (Fsp3) is 0.250. The van der Waals surface area contributed by atoms with Crippen LogP contribution in [0.2, 0.25) is 0 Å². The number of hydrogen-bond donors (Lipinski definition) is 2. The second kappa shape index (κ2) is 9.51. The molecule has 0 fully saturated rings. The highest BCUT2D eigenvalue weighted by atomic mass is 32.2. The summed E-state index contributed by atoms with van der Waals surface area (Å²) < 4.78 is 4.92. The molecule has 2 aromatic rings. The van der Waals surface area contributed by atoms with Crippen molar-refractivity contribution in [3.63, 3.8) is 0 Å². The van der Waals surface area contributed by atoms with Gasteiger partial charge >= 0.3 is 5.97 Å². The van der Waals surface area contributed by atoms with E-state index in [-0.39, 0.29) is 18.9 Å². The Hall–Kier alpha value is -2.61. The summed E-state index contributed by atoms with van der Waals surface area (Å²) in [6.45, 7) is 0.0194. The molecule has 0 saturated heterocycles. The Labute approximate surface area is 144 Å². The molecule has 2 rings (SSSR count). The number of carbonyl (C=O) groups excluding carboxylic acids is 2. The van der Waals surface area contributed by atoms with Gasteiger partial charge in [0.15, 0.2) is 6.61 Å². The van der Waals surface area contributed by atoms with Crippen LogP contribution < -0.4 is 10.6 Å². The largest absolute Gasteiger partial charge is 0.456 e. The van der Waals surface area contributed by atoms with E-state index in [1.165, 1.54) is 0 Å². The molecule has 0 aliphatic rings. The van der Waals surface area contributed by atoms with Gasteiger partial charge in [0.2, 0.25) is 5.95 Å². The van der Waals surface area contributed by atoms with Crippen LogP contribution in [0.25, 0.3) is 0 Å². The molecule has 1 heterocycles. The Morgan fingerprint density at radius 2 is 1.88 bits per heavy atom. The number of esters is 1. The molecule has 0 spiro atoms. The Morgan fingerprint density at radius 1 is 1.17 bits per heavy atom. The lowest BCUT2D eigenvalue weighted by Crippen LogP contribution is -2.22. The number of amides is 1. The summed E-state index contributed by atoms with van der Waals surface area (Å²) in [5, 5.41) is 5.56. The molecular formula is C16H18N4O3S. The molecule has 0 radical (unpaired) electrons. The molecular weight excluding hydrogens is 328 g/mol. The van der Waals surface area contributed by atoms with Gasteiger partial charge < -0.3 is 15.4 Å². The van der Waals surface area contributed by atoms with E-state index >= 15 is 0 Å². The summed E-state index contributed by atoms with van der Waals surface area (Å²) >= 11 is 1.62. The first-order chi connectivity index (χ1) is 11.7. The van der Waals surface area contributed by atoms with E-state index < -0.39 is 5.97 Å². The van der Waals surface area contributed by atoms with E-state index in [2.05, 4.69) is 20.6 Å². The van der Waals surface area contributed by atoms with Gasteiger partial charge in [0.25, 0.3) is 5.91 Å². The van der Waals surface area contributed by atoms with Crippen LogP contribution in [-0.4, -0.2) is 41.3 Å². The van der Waals surface area contributed by atoms with E-state index in [1.54, 1.807) is 42.4 Å². The van der Waals surface area contributed by atoms with Crippen LogP contribution in [-0.2, 0) is 14.3 Å². The molecule has 0 saturated carbocycles. The van der Waals surface area contributed by atoms with Crippen LogP contribution in [0.1, 0.15) is 6.42 Å². The summed E-state index contributed by atoms with van der Waals surface area (Å²) in [5.41, 5.74) is 0.664. The predicted molar refractivity (Wildman–Crippen MR) is 93.0 cm³/mol. The van der Waals surface area contributed by atoms with Crippen molar-refractivity contribution >= 4 is 35.3 Å². The summed E-state index contributed by atoms with van der Waals surface area (Å²) in [6, 6.07) is 9.12.